The van der Waals surface area contributed by atoms with E-state index in [1.165, 1.54) is 6.42 Å². The number of rotatable bonds is 2. The molecule has 4 aliphatic carbocycles. The van der Waals surface area contributed by atoms with E-state index >= 15 is 0 Å². The van der Waals surface area contributed by atoms with Gasteiger partial charge >= 0.3 is 0 Å². The Balaban J connectivity index is 1.47. The van der Waals surface area contributed by atoms with Crippen LogP contribution in [-0.4, -0.2) is 34.7 Å². The Labute approximate surface area is 155 Å². The first-order valence-corrected chi connectivity index (χ1v) is 10.2. The molecule has 1 aromatic carbocycles. The molecule has 4 nitrogen and oxygen atoms in total. The van der Waals surface area contributed by atoms with Crippen molar-refractivity contribution in [3.05, 3.63) is 29.8 Å². The number of nitrogens with zero attached hydrogens (tertiary/aromatic N) is 1. The van der Waals surface area contributed by atoms with Gasteiger partial charge in [0.1, 0.15) is 12.4 Å². The van der Waals surface area contributed by atoms with Crippen molar-refractivity contribution in [3.8, 4) is 5.75 Å². The van der Waals surface area contributed by atoms with Crippen LogP contribution in [0.4, 0.5) is 0 Å². The molecule has 26 heavy (non-hydrogen) atoms. The van der Waals surface area contributed by atoms with E-state index < -0.39 is 5.60 Å². The van der Waals surface area contributed by atoms with Crippen LogP contribution in [0.5, 0.6) is 5.75 Å². The SMILES string of the molecule is CCC12CC3CC(O)(C1)CC(C(=O)N1CCOc4ccccc4C1)(C3)C2. The maximum absolute atomic E-state index is 13.8. The van der Waals surface area contributed by atoms with Gasteiger partial charge in [-0.05, 0) is 55.9 Å². The molecule has 4 bridgehead atoms. The molecule has 140 valence electrons. The topological polar surface area (TPSA) is 49.8 Å². The molecule has 0 aromatic heterocycles. The van der Waals surface area contributed by atoms with Gasteiger partial charge in [-0.2, -0.15) is 0 Å². The lowest BCUT2D eigenvalue weighted by molar-refractivity contribution is -0.210. The van der Waals surface area contributed by atoms with Crippen LogP contribution in [0.15, 0.2) is 24.3 Å². The molecular formula is C22H29NO3. The lowest BCUT2D eigenvalue weighted by atomic mass is 9.42. The van der Waals surface area contributed by atoms with Crippen molar-refractivity contribution in [2.45, 2.75) is 64.0 Å². The van der Waals surface area contributed by atoms with Crippen molar-refractivity contribution in [2.24, 2.45) is 16.7 Å². The second-order valence-electron chi connectivity index (χ2n) is 9.55. The van der Waals surface area contributed by atoms with Crippen LogP contribution in [0, 0.1) is 16.7 Å². The number of hydrogen-bond donors (Lipinski definition) is 1. The van der Waals surface area contributed by atoms with Crippen LogP contribution in [0.25, 0.3) is 0 Å². The van der Waals surface area contributed by atoms with Gasteiger partial charge in [-0.25, -0.2) is 0 Å². The molecule has 1 amide bonds. The van der Waals surface area contributed by atoms with Gasteiger partial charge in [0.2, 0.25) is 5.91 Å². The zero-order chi connectivity index (χ0) is 18.0. The first kappa shape index (κ1) is 16.6. The monoisotopic (exact) mass is 355 g/mol. The molecule has 0 spiro atoms. The fourth-order valence-corrected chi connectivity index (χ4v) is 7.05. The Morgan fingerprint density at radius 1 is 1.23 bits per heavy atom. The minimum Gasteiger partial charge on any atom is -0.491 e. The molecule has 1 aromatic rings. The minimum absolute atomic E-state index is 0.171. The first-order chi connectivity index (χ1) is 12.4. The number of carbonyl (C=O) groups excluding carboxylic acids is 1. The van der Waals surface area contributed by atoms with E-state index in [0.717, 1.165) is 43.4 Å². The summed E-state index contributed by atoms with van der Waals surface area (Å²) in [5.41, 5.74) is 0.283. The van der Waals surface area contributed by atoms with Crippen LogP contribution >= 0.6 is 0 Å². The summed E-state index contributed by atoms with van der Waals surface area (Å²) in [5.74, 6) is 1.67. The maximum Gasteiger partial charge on any atom is 0.229 e. The highest BCUT2D eigenvalue weighted by molar-refractivity contribution is 5.84. The number of ether oxygens (including phenoxy) is 1. The number of carbonyl (C=O) groups is 1. The fourth-order valence-electron chi connectivity index (χ4n) is 7.05. The fraction of sp³-hybridized carbons (Fsp3) is 0.682. The number of hydrogen-bond acceptors (Lipinski definition) is 3. The molecule has 0 saturated heterocycles. The summed E-state index contributed by atoms with van der Waals surface area (Å²) in [5, 5.41) is 11.2. The van der Waals surface area contributed by atoms with Crippen molar-refractivity contribution < 1.29 is 14.6 Å². The summed E-state index contributed by atoms with van der Waals surface area (Å²) >= 11 is 0. The van der Waals surface area contributed by atoms with Crippen LogP contribution in [0.2, 0.25) is 0 Å². The Kier molecular flexibility index (Phi) is 3.50. The van der Waals surface area contributed by atoms with E-state index in [0.29, 0.717) is 32.0 Å². The van der Waals surface area contributed by atoms with Gasteiger partial charge in [0.25, 0.3) is 0 Å². The van der Waals surface area contributed by atoms with Crippen LogP contribution in [-0.2, 0) is 11.3 Å². The van der Waals surface area contributed by atoms with Crippen molar-refractivity contribution >= 4 is 5.91 Å². The quantitative estimate of drug-likeness (QED) is 0.883. The largest absolute Gasteiger partial charge is 0.491 e. The van der Waals surface area contributed by atoms with Crippen LogP contribution in [0.1, 0.15) is 57.4 Å². The number of para-hydroxylation sites is 1. The molecular weight excluding hydrogens is 326 g/mol. The summed E-state index contributed by atoms with van der Waals surface area (Å²) in [6, 6.07) is 8.04. The lowest BCUT2D eigenvalue weighted by Gasteiger charge is -2.64. The van der Waals surface area contributed by atoms with Gasteiger partial charge in [-0.3, -0.25) is 4.79 Å². The van der Waals surface area contributed by atoms with E-state index in [-0.39, 0.29) is 16.7 Å². The van der Waals surface area contributed by atoms with Gasteiger partial charge in [0.15, 0.2) is 0 Å². The zero-order valence-corrected chi connectivity index (χ0v) is 15.7. The average Bonchev–Trinajstić information content (AvgIpc) is 2.81. The highest BCUT2D eigenvalue weighted by Crippen LogP contribution is 2.68. The molecule has 4 fully saturated rings. The molecule has 0 radical (unpaired) electrons. The molecule has 4 atom stereocenters. The van der Waals surface area contributed by atoms with Crippen molar-refractivity contribution in [2.75, 3.05) is 13.2 Å². The van der Waals surface area contributed by atoms with E-state index in [1.807, 2.05) is 23.1 Å². The molecule has 5 aliphatic rings. The second-order valence-corrected chi connectivity index (χ2v) is 9.55. The predicted octanol–water partition coefficient (Wildman–Crippen LogP) is 3.52. The smallest absolute Gasteiger partial charge is 0.229 e. The van der Waals surface area contributed by atoms with Gasteiger partial charge in [-0.15, -0.1) is 0 Å². The average molecular weight is 355 g/mol. The summed E-state index contributed by atoms with van der Waals surface area (Å²) < 4.78 is 5.87. The Morgan fingerprint density at radius 2 is 2.08 bits per heavy atom. The third kappa shape index (κ3) is 2.41. The van der Waals surface area contributed by atoms with Gasteiger partial charge in [-0.1, -0.05) is 31.5 Å². The summed E-state index contributed by atoms with van der Waals surface area (Å²) in [6.45, 7) is 4.05. The standard InChI is InChI=1S/C22H29NO3/c1-2-20-9-16-10-21(13-20,15-22(25,11-16)14-20)19(24)23-7-8-26-18-6-4-3-5-17(18)12-23/h3-6,16,25H,2,7-15H2,1H3. The molecule has 4 unspecified atom stereocenters. The van der Waals surface area contributed by atoms with Gasteiger partial charge < -0.3 is 14.7 Å². The summed E-state index contributed by atoms with van der Waals surface area (Å²) in [4.78, 5) is 15.8. The molecule has 1 heterocycles. The van der Waals surface area contributed by atoms with E-state index in [1.54, 1.807) is 0 Å². The third-order valence-corrected chi connectivity index (χ3v) is 7.60. The molecule has 6 rings (SSSR count). The van der Waals surface area contributed by atoms with Crippen LogP contribution < -0.4 is 4.74 Å². The Bertz CT molecular complexity index is 749. The number of benzene rings is 1. The highest BCUT2D eigenvalue weighted by atomic mass is 16.5. The Hall–Kier alpha value is -1.55. The molecule has 4 heteroatoms. The van der Waals surface area contributed by atoms with E-state index in [4.69, 9.17) is 4.74 Å². The number of aliphatic hydroxyl groups is 1. The lowest BCUT2D eigenvalue weighted by Crippen LogP contribution is -2.64. The first-order valence-electron chi connectivity index (χ1n) is 10.2. The van der Waals surface area contributed by atoms with Crippen molar-refractivity contribution in [3.63, 3.8) is 0 Å². The van der Waals surface area contributed by atoms with Crippen molar-refractivity contribution in [1.29, 1.82) is 0 Å². The van der Waals surface area contributed by atoms with E-state index in [2.05, 4.69) is 13.0 Å². The van der Waals surface area contributed by atoms with E-state index in [9.17, 15) is 9.90 Å². The zero-order valence-electron chi connectivity index (χ0n) is 15.7. The molecule has 1 N–H and O–H groups in total. The predicted molar refractivity (Wildman–Crippen MR) is 98.7 cm³/mol. The summed E-state index contributed by atoms with van der Waals surface area (Å²) in [6.07, 6.45) is 6.67. The van der Waals surface area contributed by atoms with Gasteiger partial charge in [0, 0.05) is 12.1 Å². The minimum atomic E-state index is -0.620. The third-order valence-electron chi connectivity index (χ3n) is 7.60. The molecule has 1 aliphatic heterocycles. The number of amides is 1. The van der Waals surface area contributed by atoms with Crippen LogP contribution in [0.3, 0.4) is 0 Å². The van der Waals surface area contributed by atoms with Crippen molar-refractivity contribution in [1.82, 2.24) is 4.90 Å². The second kappa shape index (κ2) is 5.48. The summed E-state index contributed by atoms with van der Waals surface area (Å²) in [7, 11) is 0. The highest BCUT2D eigenvalue weighted by Gasteiger charge is 2.65. The Morgan fingerprint density at radius 3 is 2.88 bits per heavy atom. The molecule has 4 saturated carbocycles. The maximum atomic E-state index is 13.8. The normalized spacial score (nSPS) is 40.7. The number of fused-ring (bicyclic) bond motifs is 1. The van der Waals surface area contributed by atoms with Gasteiger partial charge in [0.05, 0.1) is 17.6 Å².